The number of nitrogens with zero attached hydrogens (tertiary/aromatic N) is 2. The van der Waals surface area contributed by atoms with Crippen molar-refractivity contribution in [2.24, 2.45) is 4.99 Å². The van der Waals surface area contributed by atoms with Gasteiger partial charge >= 0.3 is 6.61 Å². The largest absolute Gasteiger partial charge is 0.490 e. The molecule has 8 heteroatoms. The summed E-state index contributed by atoms with van der Waals surface area (Å²) >= 11 is 0. The van der Waals surface area contributed by atoms with E-state index >= 15 is 0 Å². The number of hydrogen-bond acceptors (Lipinski definition) is 4. The molecule has 1 N–H and O–H groups in total. The van der Waals surface area contributed by atoms with E-state index in [2.05, 4.69) is 19.9 Å². The van der Waals surface area contributed by atoms with Crippen LogP contribution in [-0.4, -0.2) is 56.9 Å². The molecule has 0 atom stereocenters. The molecule has 1 saturated heterocycles. The maximum Gasteiger partial charge on any atom is 0.387 e. The maximum absolute atomic E-state index is 12.5. The highest BCUT2D eigenvalue weighted by atomic mass is 19.3. The number of ether oxygens (including phenoxy) is 3. The number of alkyl halides is 2. The normalized spacial score (nSPS) is 15.9. The topological polar surface area (TPSA) is 55.3 Å². The Hall–Kier alpha value is -2.09. The number of likely N-dealkylation sites (tertiary alicyclic amines) is 1. The van der Waals surface area contributed by atoms with Gasteiger partial charge in [0, 0.05) is 33.3 Å². The Morgan fingerprint density at radius 1 is 1.22 bits per heavy atom. The molecule has 0 spiro atoms. The number of halogens is 2. The van der Waals surface area contributed by atoms with Gasteiger partial charge in [-0.1, -0.05) is 6.07 Å². The van der Waals surface area contributed by atoms with Gasteiger partial charge in [0.1, 0.15) is 0 Å². The van der Waals surface area contributed by atoms with Crippen molar-refractivity contribution in [1.29, 1.82) is 0 Å². The van der Waals surface area contributed by atoms with Crippen molar-refractivity contribution in [3.63, 3.8) is 0 Å². The van der Waals surface area contributed by atoms with Gasteiger partial charge in [-0.25, -0.2) is 0 Å². The van der Waals surface area contributed by atoms with Gasteiger partial charge in [0.2, 0.25) is 0 Å². The first-order chi connectivity index (χ1) is 13.1. The number of benzene rings is 1. The molecule has 0 saturated carbocycles. The molecule has 1 heterocycles. The monoisotopic (exact) mass is 385 g/mol. The molecule has 152 valence electrons. The summed E-state index contributed by atoms with van der Waals surface area (Å²) in [6.07, 6.45) is 2.27. The van der Waals surface area contributed by atoms with Crippen LogP contribution in [-0.2, 0) is 11.3 Å². The third kappa shape index (κ3) is 6.53. The zero-order chi connectivity index (χ0) is 19.6. The number of guanidine groups is 1. The predicted molar refractivity (Wildman–Crippen MR) is 101 cm³/mol. The lowest BCUT2D eigenvalue weighted by molar-refractivity contribution is -0.0514. The minimum absolute atomic E-state index is 0.0398. The van der Waals surface area contributed by atoms with Crippen LogP contribution in [0.2, 0.25) is 0 Å². The molecule has 1 aromatic rings. The average molecular weight is 385 g/mol. The van der Waals surface area contributed by atoms with Crippen LogP contribution >= 0.6 is 0 Å². The van der Waals surface area contributed by atoms with Crippen molar-refractivity contribution >= 4 is 5.96 Å². The van der Waals surface area contributed by atoms with E-state index in [1.807, 2.05) is 6.92 Å². The van der Waals surface area contributed by atoms with Crippen LogP contribution in [0.4, 0.5) is 8.78 Å². The van der Waals surface area contributed by atoms with Crippen LogP contribution in [0.15, 0.2) is 23.2 Å². The molecule has 1 aromatic carbocycles. The second kappa shape index (κ2) is 10.9. The molecule has 0 unspecified atom stereocenters. The van der Waals surface area contributed by atoms with Gasteiger partial charge in [-0.2, -0.15) is 8.78 Å². The van der Waals surface area contributed by atoms with E-state index in [9.17, 15) is 8.78 Å². The Morgan fingerprint density at radius 3 is 2.56 bits per heavy atom. The fourth-order valence-electron chi connectivity index (χ4n) is 3.11. The maximum atomic E-state index is 12.5. The summed E-state index contributed by atoms with van der Waals surface area (Å²) in [6.45, 7) is 4.31. The molecule has 0 aromatic heterocycles. The Balaban J connectivity index is 1.95. The fourth-order valence-corrected chi connectivity index (χ4v) is 3.11. The number of aliphatic imine (C=N–C) groups is 1. The Bertz CT molecular complexity index is 606. The van der Waals surface area contributed by atoms with E-state index in [-0.39, 0.29) is 5.75 Å². The first-order valence-corrected chi connectivity index (χ1v) is 9.35. The summed E-state index contributed by atoms with van der Waals surface area (Å²) in [4.78, 5) is 6.55. The van der Waals surface area contributed by atoms with Crippen molar-refractivity contribution in [3.05, 3.63) is 23.8 Å². The summed E-state index contributed by atoms with van der Waals surface area (Å²) < 4.78 is 40.6. The minimum atomic E-state index is -2.88. The molecule has 27 heavy (non-hydrogen) atoms. The molecule has 0 bridgehead atoms. The summed E-state index contributed by atoms with van der Waals surface area (Å²) in [5, 5.41) is 3.32. The van der Waals surface area contributed by atoms with Crippen molar-refractivity contribution in [2.45, 2.75) is 45.9 Å². The van der Waals surface area contributed by atoms with Crippen LogP contribution in [0.3, 0.4) is 0 Å². The number of piperidine rings is 1. The van der Waals surface area contributed by atoms with Gasteiger partial charge in [0.25, 0.3) is 0 Å². The molecule has 1 aliphatic rings. The molecule has 1 fully saturated rings. The van der Waals surface area contributed by atoms with Gasteiger partial charge < -0.3 is 24.4 Å². The highest BCUT2D eigenvalue weighted by Gasteiger charge is 2.21. The van der Waals surface area contributed by atoms with E-state index in [0.29, 0.717) is 25.0 Å². The average Bonchev–Trinajstić information content (AvgIpc) is 2.65. The Kier molecular flexibility index (Phi) is 8.57. The highest BCUT2D eigenvalue weighted by molar-refractivity contribution is 5.80. The van der Waals surface area contributed by atoms with Crippen molar-refractivity contribution in [2.75, 3.05) is 33.4 Å². The summed E-state index contributed by atoms with van der Waals surface area (Å²) in [5.41, 5.74) is 0.894. The lowest BCUT2D eigenvalue weighted by Crippen LogP contribution is -2.46. The third-order valence-electron chi connectivity index (χ3n) is 4.33. The van der Waals surface area contributed by atoms with Crippen molar-refractivity contribution in [3.8, 4) is 11.5 Å². The van der Waals surface area contributed by atoms with Gasteiger partial charge in [-0.05, 0) is 44.4 Å². The lowest BCUT2D eigenvalue weighted by atomic mass is 10.1. The van der Waals surface area contributed by atoms with Crippen molar-refractivity contribution < 1.29 is 23.0 Å². The van der Waals surface area contributed by atoms with E-state index in [4.69, 9.17) is 9.47 Å². The number of rotatable bonds is 8. The Labute approximate surface area is 159 Å². The lowest BCUT2D eigenvalue weighted by Gasteiger charge is -2.34. The zero-order valence-electron chi connectivity index (χ0n) is 16.2. The standard InChI is InChI=1S/C19H29F2N3O3/c1-4-25-15-8-10-24(11-9-15)19(22-3)23-13-14-6-7-16(27-18(20)21)17(12-14)26-5-2/h6-7,12,15,18H,4-5,8-11,13H2,1-3H3,(H,22,23). The number of hydrogen-bond donors (Lipinski definition) is 1. The molecule has 6 nitrogen and oxygen atoms in total. The fraction of sp³-hybridized carbons (Fsp3) is 0.632. The first-order valence-electron chi connectivity index (χ1n) is 9.35. The molecular formula is C19H29F2N3O3. The summed E-state index contributed by atoms with van der Waals surface area (Å²) in [6, 6.07) is 4.95. The smallest absolute Gasteiger partial charge is 0.387 e. The van der Waals surface area contributed by atoms with Crippen LogP contribution in [0.1, 0.15) is 32.3 Å². The van der Waals surface area contributed by atoms with Gasteiger partial charge in [0.05, 0.1) is 12.7 Å². The molecule has 0 radical (unpaired) electrons. The first kappa shape index (κ1) is 21.2. The summed E-state index contributed by atoms with van der Waals surface area (Å²) in [5.74, 6) is 1.17. The molecule has 0 aliphatic carbocycles. The second-order valence-electron chi connectivity index (χ2n) is 6.14. The van der Waals surface area contributed by atoms with E-state index in [1.54, 1.807) is 26.1 Å². The predicted octanol–water partition coefficient (Wildman–Crippen LogP) is 3.26. The van der Waals surface area contributed by atoms with E-state index < -0.39 is 6.61 Å². The van der Waals surface area contributed by atoms with Gasteiger partial charge in [-0.15, -0.1) is 0 Å². The van der Waals surface area contributed by atoms with Crippen LogP contribution in [0, 0.1) is 0 Å². The zero-order valence-corrected chi connectivity index (χ0v) is 16.2. The quantitative estimate of drug-likeness (QED) is 0.550. The molecule has 2 rings (SSSR count). The molecule has 0 amide bonds. The Morgan fingerprint density at radius 2 is 1.96 bits per heavy atom. The SMILES string of the molecule is CCOc1cc(CNC(=NC)N2CCC(OCC)CC2)ccc1OC(F)F. The third-order valence-corrected chi connectivity index (χ3v) is 4.33. The second-order valence-corrected chi connectivity index (χ2v) is 6.14. The number of nitrogens with one attached hydrogen (secondary N) is 1. The molecular weight excluding hydrogens is 356 g/mol. The molecule has 1 aliphatic heterocycles. The minimum Gasteiger partial charge on any atom is -0.490 e. The van der Waals surface area contributed by atoms with Crippen LogP contribution in [0.5, 0.6) is 11.5 Å². The van der Waals surface area contributed by atoms with Crippen molar-refractivity contribution in [1.82, 2.24) is 10.2 Å². The highest BCUT2D eigenvalue weighted by Crippen LogP contribution is 2.30. The summed E-state index contributed by atoms with van der Waals surface area (Å²) in [7, 11) is 1.75. The van der Waals surface area contributed by atoms with E-state index in [0.717, 1.165) is 44.1 Å². The van der Waals surface area contributed by atoms with E-state index in [1.165, 1.54) is 6.07 Å². The van der Waals surface area contributed by atoms with Gasteiger partial charge in [-0.3, -0.25) is 4.99 Å². The van der Waals surface area contributed by atoms with Gasteiger partial charge in [0.15, 0.2) is 17.5 Å². The van der Waals surface area contributed by atoms with Crippen LogP contribution < -0.4 is 14.8 Å². The van der Waals surface area contributed by atoms with Crippen LogP contribution in [0.25, 0.3) is 0 Å².